The molecule has 1 amide bonds. The van der Waals surface area contributed by atoms with Gasteiger partial charge in [-0.25, -0.2) is 4.98 Å². The van der Waals surface area contributed by atoms with E-state index < -0.39 is 0 Å². The minimum Gasteiger partial charge on any atom is -0.399 e. The number of para-hydroxylation sites is 1. The lowest BCUT2D eigenvalue weighted by Gasteiger charge is -2.04. The topological polar surface area (TPSA) is 68.0 Å². The maximum atomic E-state index is 12.2. The van der Waals surface area contributed by atoms with Crippen LogP contribution in [0.15, 0.2) is 42.5 Å². The van der Waals surface area contributed by atoms with Crippen LogP contribution in [0, 0.1) is 0 Å². The van der Waals surface area contributed by atoms with Crippen LogP contribution < -0.4 is 11.1 Å². The molecule has 3 rings (SSSR count). The van der Waals surface area contributed by atoms with Gasteiger partial charge in [0.15, 0.2) is 5.13 Å². The molecule has 3 N–H and O–H groups in total. The first-order chi connectivity index (χ1) is 9.63. The number of carbonyl (C=O) groups excluding carboxylic acids is 1. The second kappa shape index (κ2) is 5.11. The van der Waals surface area contributed by atoms with Crippen molar-refractivity contribution in [2.45, 2.75) is 0 Å². The minimum absolute atomic E-state index is 0.318. The van der Waals surface area contributed by atoms with Gasteiger partial charge in [-0.2, -0.15) is 0 Å². The Labute approximate surface area is 124 Å². The standard InChI is InChI=1S/C14H10ClN3OS/c15-10-6-5-8(16)7-9(10)13(19)18-14-17-11-3-1-2-4-12(11)20-14/h1-7H,16H2,(H,17,18,19). The molecular weight excluding hydrogens is 294 g/mol. The Morgan fingerprint density at radius 3 is 2.85 bits per heavy atom. The van der Waals surface area contributed by atoms with E-state index in [0.29, 0.717) is 21.4 Å². The quantitative estimate of drug-likeness (QED) is 0.708. The van der Waals surface area contributed by atoms with Gasteiger partial charge >= 0.3 is 0 Å². The Balaban J connectivity index is 1.90. The SMILES string of the molecule is Nc1ccc(Cl)c(C(=O)Nc2nc3ccccc3s2)c1. The summed E-state index contributed by atoms with van der Waals surface area (Å²) in [6, 6.07) is 12.5. The summed E-state index contributed by atoms with van der Waals surface area (Å²) < 4.78 is 1.02. The third-order valence-corrected chi connectivity index (χ3v) is 4.03. The molecule has 0 aliphatic carbocycles. The van der Waals surface area contributed by atoms with Crippen molar-refractivity contribution in [2.75, 3.05) is 11.1 Å². The van der Waals surface area contributed by atoms with Crippen LogP contribution in [0.3, 0.4) is 0 Å². The largest absolute Gasteiger partial charge is 0.399 e. The fourth-order valence-electron chi connectivity index (χ4n) is 1.81. The second-order valence-corrected chi connectivity index (χ2v) is 5.62. The molecule has 1 heterocycles. The van der Waals surface area contributed by atoms with E-state index in [2.05, 4.69) is 10.3 Å². The zero-order chi connectivity index (χ0) is 14.1. The molecule has 0 aliphatic heterocycles. The van der Waals surface area contributed by atoms with E-state index >= 15 is 0 Å². The van der Waals surface area contributed by atoms with Gasteiger partial charge in [0, 0.05) is 5.69 Å². The Morgan fingerprint density at radius 2 is 2.05 bits per heavy atom. The molecule has 4 nitrogen and oxygen atoms in total. The van der Waals surface area contributed by atoms with Crippen molar-refractivity contribution >= 4 is 49.9 Å². The van der Waals surface area contributed by atoms with Crippen molar-refractivity contribution in [2.24, 2.45) is 0 Å². The maximum Gasteiger partial charge on any atom is 0.259 e. The third-order valence-electron chi connectivity index (χ3n) is 2.75. The summed E-state index contributed by atoms with van der Waals surface area (Å²) in [5.41, 5.74) is 7.35. The van der Waals surface area contributed by atoms with Crippen LogP contribution in [-0.4, -0.2) is 10.9 Å². The molecule has 3 aromatic rings. The highest BCUT2D eigenvalue weighted by Gasteiger charge is 2.13. The van der Waals surface area contributed by atoms with E-state index in [9.17, 15) is 4.79 Å². The molecule has 2 aromatic carbocycles. The molecule has 0 atom stereocenters. The number of nitrogen functional groups attached to an aromatic ring is 1. The number of fused-ring (bicyclic) bond motifs is 1. The number of carbonyl (C=O) groups is 1. The van der Waals surface area contributed by atoms with Gasteiger partial charge in [0.1, 0.15) is 0 Å². The zero-order valence-electron chi connectivity index (χ0n) is 10.3. The summed E-state index contributed by atoms with van der Waals surface area (Å²) in [6.45, 7) is 0. The van der Waals surface area contributed by atoms with E-state index in [4.69, 9.17) is 17.3 Å². The highest BCUT2D eigenvalue weighted by molar-refractivity contribution is 7.22. The van der Waals surface area contributed by atoms with E-state index in [0.717, 1.165) is 10.2 Å². The highest BCUT2D eigenvalue weighted by atomic mass is 35.5. The molecule has 0 saturated heterocycles. The Morgan fingerprint density at radius 1 is 1.25 bits per heavy atom. The predicted octanol–water partition coefficient (Wildman–Crippen LogP) is 3.78. The van der Waals surface area contributed by atoms with E-state index in [1.54, 1.807) is 18.2 Å². The van der Waals surface area contributed by atoms with Crippen LogP contribution in [0.25, 0.3) is 10.2 Å². The molecule has 0 aliphatic rings. The Hall–Kier alpha value is -2.11. The first-order valence-corrected chi connectivity index (χ1v) is 7.05. The fraction of sp³-hybridized carbons (Fsp3) is 0. The maximum absolute atomic E-state index is 12.2. The van der Waals surface area contributed by atoms with Gasteiger partial charge in [0.25, 0.3) is 5.91 Å². The molecular formula is C14H10ClN3OS. The average Bonchev–Trinajstić information content (AvgIpc) is 2.83. The second-order valence-electron chi connectivity index (χ2n) is 4.18. The molecule has 0 unspecified atom stereocenters. The van der Waals surface area contributed by atoms with Crippen LogP contribution >= 0.6 is 22.9 Å². The van der Waals surface area contributed by atoms with Crippen molar-refractivity contribution in [3.8, 4) is 0 Å². The van der Waals surface area contributed by atoms with E-state index in [1.807, 2.05) is 24.3 Å². The number of hydrogen-bond acceptors (Lipinski definition) is 4. The predicted molar refractivity (Wildman–Crippen MR) is 83.4 cm³/mol. The van der Waals surface area contributed by atoms with Crippen LogP contribution in [0.4, 0.5) is 10.8 Å². The minimum atomic E-state index is -0.318. The van der Waals surface area contributed by atoms with Crippen molar-refractivity contribution in [1.82, 2.24) is 4.98 Å². The first-order valence-electron chi connectivity index (χ1n) is 5.85. The summed E-state index contributed by atoms with van der Waals surface area (Å²) in [5.74, 6) is -0.318. The Bertz CT molecular complexity index is 767. The lowest BCUT2D eigenvalue weighted by Crippen LogP contribution is -2.12. The smallest absolute Gasteiger partial charge is 0.259 e. The number of hydrogen-bond donors (Lipinski definition) is 2. The van der Waals surface area contributed by atoms with Crippen molar-refractivity contribution in [1.29, 1.82) is 0 Å². The number of aromatic nitrogens is 1. The molecule has 0 fully saturated rings. The van der Waals surface area contributed by atoms with Crippen LogP contribution in [0.5, 0.6) is 0 Å². The number of nitrogens with two attached hydrogens (primary N) is 1. The molecule has 0 radical (unpaired) electrons. The number of nitrogens with zero attached hydrogens (tertiary/aromatic N) is 1. The summed E-state index contributed by atoms with van der Waals surface area (Å²) >= 11 is 7.42. The van der Waals surface area contributed by atoms with Gasteiger partial charge in [-0.05, 0) is 30.3 Å². The molecule has 0 bridgehead atoms. The summed E-state index contributed by atoms with van der Waals surface area (Å²) in [5, 5.41) is 3.64. The molecule has 0 saturated carbocycles. The van der Waals surface area contributed by atoms with Gasteiger partial charge < -0.3 is 5.73 Å². The summed E-state index contributed by atoms with van der Waals surface area (Å²) in [6.07, 6.45) is 0. The molecule has 1 aromatic heterocycles. The van der Waals surface area contributed by atoms with E-state index in [-0.39, 0.29) is 5.91 Å². The van der Waals surface area contributed by atoms with Gasteiger partial charge in [0.05, 0.1) is 20.8 Å². The van der Waals surface area contributed by atoms with Gasteiger partial charge in [-0.3, -0.25) is 10.1 Å². The van der Waals surface area contributed by atoms with Crippen LogP contribution in [0.1, 0.15) is 10.4 Å². The van der Waals surface area contributed by atoms with Crippen molar-refractivity contribution < 1.29 is 4.79 Å². The molecule has 20 heavy (non-hydrogen) atoms. The van der Waals surface area contributed by atoms with Crippen molar-refractivity contribution in [3.63, 3.8) is 0 Å². The van der Waals surface area contributed by atoms with Crippen LogP contribution in [-0.2, 0) is 0 Å². The molecule has 100 valence electrons. The summed E-state index contributed by atoms with van der Waals surface area (Å²) in [4.78, 5) is 16.5. The molecule has 6 heteroatoms. The van der Waals surface area contributed by atoms with Gasteiger partial charge in [-0.15, -0.1) is 0 Å². The number of benzene rings is 2. The monoisotopic (exact) mass is 303 g/mol. The lowest BCUT2D eigenvalue weighted by atomic mass is 10.2. The number of anilines is 2. The molecule has 0 spiro atoms. The summed E-state index contributed by atoms with van der Waals surface area (Å²) in [7, 11) is 0. The zero-order valence-corrected chi connectivity index (χ0v) is 11.8. The van der Waals surface area contributed by atoms with Gasteiger partial charge in [-0.1, -0.05) is 35.1 Å². The number of rotatable bonds is 2. The van der Waals surface area contributed by atoms with Gasteiger partial charge in [0.2, 0.25) is 0 Å². The lowest BCUT2D eigenvalue weighted by molar-refractivity contribution is 0.102. The third kappa shape index (κ3) is 2.45. The number of amides is 1. The number of nitrogens with one attached hydrogen (secondary N) is 1. The first kappa shape index (κ1) is 12.9. The normalized spacial score (nSPS) is 10.7. The Kier molecular flexibility index (Phi) is 3.30. The highest BCUT2D eigenvalue weighted by Crippen LogP contribution is 2.27. The van der Waals surface area contributed by atoms with E-state index in [1.165, 1.54) is 11.3 Å². The van der Waals surface area contributed by atoms with Crippen LogP contribution in [0.2, 0.25) is 5.02 Å². The average molecular weight is 304 g/mol. The number of halogens is 1. The van der Waals surface area contributed by atoms with Crippen molar-refractivity contribution in [3.05, 3.63) is 53.1 Å². The number of thiazole rings is 1. The fourth-order valence-corrected chi connectivity index (χ4v) is 2.87.